The molecule has 5 nitrogen and oxygen atoms in total. The minimum atomic E-state index is -0.0360. The Morgan fingerprint density at radius 3 is 2.38 bits per heavy atom. The number of ether oxygens (including phenoxy) is 1. The highest BCUT2D eigenvalue weighted by molar-refractivity contribution is 5.79. The topological polar surface area (TPSA) is 67.4 Å². The largest absolute Gasteiger partial charge is 0.494 e. The van der Waals surface area contributed by atoms with Gasteiger partial charge in [-0.1, -0.05) is 31.4 Å². The van der Waals surface area contributed by atoms with Crippen molar-refractivity contribution in [3.05, 3.63) is 29.8 Å². The van der Waals surface area contributed by atoms with Gasteiger partial charge in [-0.15, -0.1) is 0 Å². The summed E-state index contributed by atoms with van der Waals surface area (Å²) in [6.45, 7) is 3.53. The minimum absolute atomic E-state index is 0.0360. The predicted octanol–water partition coefficient (Wildman–Crippen LogP) is 2.44. The number of benzene rings is 1. The van der Waals surface area contributed by atoms with Crippen LogP contribution in [-0.4, -0.2) is 31.5 Å². The molecule has 132 valence electrons. The molecule has 5 heteroatoms. The molecule has 2 N–H and O–H groups in total. The molecule has 1 saturated carbocycles. The van der Waals surface area contributed by atoms with E-state index >= 15 is 0 Å². The summed E-state index contributed by atoms with van der Waals surface area (Å²) in [5, 5.41) is 5.77. The van der Waals surface area contributed by atoms with E-state index in [-0.39, 0.29) is 17.7 Å². The first-order valence-electron chi connectivity index (χ1n) is 8.95. The van der Waals surface area contributed by atoms with E-state index in [1.165, 1.54) is 6.42 Å². The van der Waals surface area contributed by atoms with Gasteiger partial charge in [-0.05, 0) is 37.5 Å². The maximum absolute atomic E-state index is 12.0. The summed E-state index contributed by atoms with van der Waals surface area (Å²) in [7, 11) is 0. The van der Waals surface area contributed by atoms with Crippen LogP contribution in [0.25, 0.3) is 0 Å². The van der Waals surface area contributed by atoms with E-state index in [0.717, 1.165) is 37.0 Å². The highest BCUT2D eigenvalue weighted by atomic mass is 16.5. The van der Waals surface area contributed by atoms with Crippen LogP contribution in [0.15, 0.2) is 24.3 Å². The van der Waals surface area contributed by atoms with Crippen molar-refractivity contribution in [2.75, 3.05) is 19.7 Å². The van der Waals surface area contributed by atoms with E-state index in [1.54, 1.807) is 0 Å². The highest BCUT2D eigenvalue weighted by Crippen LogP contribution is 2.23. The molecule has 1 aromatic rings. The van der Waals surface area contributed by atoms with Crippen molar-refractivity contribution < 1.29 is 14.3 Å². The van der Waals surface area contributed by atoms with E-state index in [0.29, 0.717) is 26.1 Å². The SMILES string of the molecule is CCOc1ccc(CC(=O)NCCNC(=O)C2CCCCC2)cc1. The van der Waals surface area contributed by atoms with E-state index in [4.69, 9.17) is 4.74 Å². The summed E-state index contributed by atoms with van der Waals surface area (Å²) in [4.78, 5) is 23.9. The fraction of sp³-hybridized carbons (Fsp3) is 0.579. The van der Waals surface area contributed by atoms with Crippen LogP contribution in [0.5, 0.6) is 5.75 Å². The van der Waals surface area contributed by atoms with Gasteiger partial charge in [-0.2, -0.15) is 0 Å². The first-order valence-corrected chi connectivity index (χ1v) is 8.95. The number of hydrogen-bond donors (Lipinski definition) is 2. The lowest BCUT2D eigenvalue weighted by Gasteiger charge is -2.20. The number of carbonyl (C=O) groups is 2. The molecule has 0 radical (unpaired) electrons. The molecule has 2 rings (SSSR count). The highest BCUT2D eigenvalue weighted by Gasteiger charge is 2.20. The Morgan fingerprint density at radius 2 is 1.71 bits per heavy atom. The third kappa shape index (κ3) is 6.22. The molecule has 1 fully saturated rings. The fourth-order valence-corrected chi connectivity index (χ4v) is 3.01. The zero-order chi connectivity index (χ0) is 17.2. The summed E-state index contributed by atoms with van der Waals surface area (Å²) < 4.78 is 5.38. The van der Waals surface area contributed by atoms with Gasteiger partial charge in [-0.3, -0.25) is 9.59 Å². The average Bonchev–Trinajstić information content (AvgIpc) is 2.61. The lowest BCUT2D eigenvalue weighted by atomic mass is 9.89. The average molecular weight is 332 g/mol. The van der Waals surface area contributed by atoms with Crippen LogP contribution < -0.4 is 15.4 Å². The maximum atomic E-state index is 12.0. The van der Waals surface area contributed by atoms with Gasteiger partial charge < -0.3 is 15.4 Å². The Kier molecular flexibility index (Phi) is 7.59. The van der Waals surface area contributed by atoms with Crippen LogP contribution in [0.4, 0.5) is 0 Å². The third-order valence-electron chi connectivity index (χ3n) is 4.32. The van der Waals surface area contributed by atoms with Crippen LogP contribution in [0.1, 0.15) is 44.6 Å². The van der Waals surface area contributed by atoms with E-state index in [1.807, 2.05) is 31.2 Å². The molecular formula is C19H28N2O3. The molecule has 1 aliphatic rings. The second-order valence-electron chi connectivity index (χ2n) is 6.23. The molecule has 0 aliphatic heterocycles. The Hall–Kier alpha value is -2.04. The lowest BCUT2D eigenvalue weighted by Crippen LogP contribution is -2.38. The van der Waals surface area contributed by atoms with Gasteiger partial charge in [0.1, 0.15) is 5.75 Å². The quantitative estimate of drug-likeness (QED) is 0.719. The number of amides is 2. The molecule has 0 heterocycles. The van der Waals surface area contributed by atoms with Gasteiger partial charge >= 0.3 is 0 Å². The van der Waals surface area contributed by atoms with Gasteiger partial charge in [0, 0.05) is 19.0 Å². The van der Waals surface area contributed by atoms with Crippen molar-refractivity contribution in [2.45, 2.75) is 45.4 Å². The summed E-state index contributed by atoms with van der Waals surface area (Å²) in [5.74, 6) is 1.08. The fourth-order valence-electron chi connectivity index (χ4n) is 3.01. The van der Waals surface area contributed by atoms with E-state index in [9.17, 15) is 9.59 Å². The third-order valence-corrected chi connectivity index (χ3v) is 4.32. The summed E-state index contributed by atoms with van der Waals surface area (Å²) in [6.07, 6.45) is 5.87. The molecule has 1 aliphatic carbocycles. The van der Waals surface area contributed by atoms with Crippen LogP contribution in [0.2, 0.25) is 0 Å². The van der Waals surface area contributed by atoms with Crippen molar-refractivity contribution in [2.24, 2.45) is 5.92 Å². The summed E-state index contributed by atoms with van der Waals surface area (Å²) in [5.41, 5.74) is 0.946. The van der Waals surface area contributed by atoms with Crippen molar-refractivity contribution in [3.63, 3.8) is 0 Å². The lowest BCUT2D eigenvalue weighted by molar-refractivity contribution is -0.126. The maximum Gasteiger partial charge on any atom is 0.224 e. The van der Waals surface area contributed by atoms with Crippen molar-refractivity contribution in [3.8, 4) is 5.75 Å². The molecule has 0 bridgehead atoms. The Balaban J connectivity index is 1.61. The molecular weight excluding hydrogens is 304 g/mol. The van der Waals surface area contributed by atoms with E-state index in [2.05, 4.69) is 10.6 Å². The van der Waals surface area contributed by atoms with Gasteiger partial charge in [0.25, 0.3) is 0 Å². The molecule has 24 heavy (non-hydrogen) atoms. The van der Waals surface area contributed by atoms with Gasteiger partial charge in [0.05, 0.1) is 13.0 Å². The van der Waals surface area contributed by atoms with Crippen molar-refractivity contribution in [1.82, 2.24) is 10.6 Å². The molecule has 0 aromatic heterocycles. The summed E-state index contributed by atoms with van der Waals surface area (Å²) >= 11 is 0. The van der Waals surface area contributed by atoms with Crippen molar-refractivity contribution in [1.29, 1.82) is 0 Å². The van der Waals surface area contributed by atoms with E-state index < -0.39 is 0 Å². The van der Waals surface area contributed by atoms with Crippen LogP contribution in [0.3, 0.4) is 0 Å². The smallest absolute Gasteiger partial charge is 0.224 e. The summed E-state index contributed by atoms with van der Waals surface area (Å²) in [6, 6.07) is 7.54. The minimum Gasteiger partial charge on any atom is -0.494 e. The van der Waals surface area contributed by atoms with Crippen molar-refractivity contribution >= 4 is 11.8 Å². The molecule has 0 spiro atoms. The number of rotatable bonds is 8. The van der Waals surface area contributed by atoms with Crippen LogP contribution in [-0.2, 0) is 16.0 Å². The molecule has 0 atom stereocenters. The Labute approximate surface area is 144 Å². The van der Waals surface area contributed by atoms with Crippen LogP contribution >= 0.6 is 0 Å². The van der Waals surface area contributed by atoms with Gasteiger partial charge in [0.15, 0.2) is 0 Å². The zero-order valence-corrected chi connectivity index (χ0v) is 14.5. The number of nitrogens with one attached hydrogen (secondary N) is 2. The normalized spacial score (nSPS) is 14.9. The van der Waals surface area contributed by atoms with Crippen LogP contribution in [0, 0.1) is 5.92 Å². The monoisotopic (exact) mass is 332 g/mol. The molecule has 0 unspecified atom stereocenters. The first kappa shape index (κ1) is 18.3. The van der Waals surface area contributed by atoms with Gasteiger partial charge in [-0.25, -0.2) is 0 Å². The van der Waals surface area contributed by atoms with Gasteiger partial charge in [0.2, 0.25) is 11.8 Å². The number of hydrogen-bond acceptors (Lipinski definition) is 3. The number of carbonyl (C=O) groups excluding carboxylic acids is 2. The second-order valence-corrected chi connectivity index (χ2v) is 6.23. The molecule has 1 aromatic carbocycles. The Morgan fingerprint density at radius 1 is 1.04 bits per heavy atom. The second kappa shape index (κ2) is 9.96. The molecule has 2 amide bonds. The zero-order valence-electron chi connectivity index (χ0n) is 14.5. The molecule has 0 saturated heterocycles. The predicted molar refractivity (Wildman–Crippen MR) is 93.9 cm³/mol. The Bertz CT molecular complexity index is 522. The standard InChI is InChI=1S/C19H28N2O3/c1-2-24-17-10-8-15(9-11-17)14-18(22)20-12-13-21-19(23)16-6-4-3-5-7-16/h8-11,16H,2-7,12-14H2,1H3,(H,20,22)(H,21,23). The first-order chi connectivity index (χ1) is 11.7.